The molecule has 0 radical (unpaired) electrons. The van der Waals surface area contributed by atoms with Crippen LogP contribution in [0.4, 0.5) is 0 Å². The van der Waals surface area contributed by atoms with Gasteiger partial charge < -0.3 is 19.9 Å². The van der Waals surface area contributed by atoms with Gasteiger partial charge in [-0.15, -0.1) is 12.4 Å². The number of nitrogens with two attached hydrogens (primary N) is 1. The van der Waals surface area contributed by atoms with Gasteiger partial charge in [0.1, 0.15) is 17.1 Å². The van der Waals surface area contributed by atoms with Gasteiger partial charge >= 0.3 is 5.97 Å². The maximum atomic E-state index is 13.7. The number of esters is 1. The van der Waals surface area contributed by atoms with Crippen molar-refractivity contribution in [2.75, 3.05) is 26.2 Å². The number of fused-ring (bicyclic) bond motifs is 1. The summed E-state index contributed by atoms with van der Waals surface area (Å²) in [6, 6.07) is 12.5. The van der Waals surface area contributed by atoms with Crippen LogP contribution in [0.5, 0.6) is 0 Å². The lowest BCUT2D eigenvalue weighted by molar-refractivity contribution is -0.143. The molecule has 11 heteroatoms. The SMILES string of the molecule is CCOC(=O)CNC(C)(C(=O)N1CCCC1)c1ccc2c(c1)nc(Cc1cccc(C(=N)N)c1)c(=O)n2C.Cl. The number of halogens is 1. The molecule has 0 spiro atoms. The molecular weight excluding hydrogens is 520 g/mol. The zero-order chi connectivity index (χ0) is 27.4. The second-order valence-electron chi connectivity index (χ2n) is 9.70. The van der Waals surface area contributed by atoms with Crippen LogP contribution in [-0.2, 0) is 33.3 Å². The van der Waals surface area contributed by atoms with Crippen molar-refractivity contribution >= 4 is 41.2 Å². The van der Waals surface area contributed by atoms with Crippen LogP contribution >= 0.6 is 12.4 Å². The summed E-state index contributed by atoms with van der Waals surface area (Å²) in [6.07, 6.45) is 2.14. The zero-order valence-electron chi connectivity index (χ0n) is 22.5. The van der Waals surface area contributed by atoms with Gasteiger partial charge in [-0.25, -0.2) is 4.98 Å². The van der Waals surface area contributed by atoms with Crippen LogP contribution in [-0.4, -0.2) is 58.4 Å². The van der Waals surface area contributed by atoms with Gasteiger partial charge in [-0.2, -0.15) is 0 Å². The number of hydrogen-bond donors (Lipinski definition) is 3. The minimum absolute atomic E-state index is 0. The smallest absolute Gasteiger partial charge is 0.319 e. The molecule has 1 aliphatic rings. The average molecular weight is 555 g/mol. The number of aromatic nitrogens is 2. The number of nitrogens with zero attached hydrogens (tertiary/aromatic N) is 3. The van der Waals surface area contributed by atoms with Crippen LogP contribution in [0.3, 0.4) is 0 Å². The summed E-state index contributed by atoms with van der Waals surface area (Å²) in [5, 5.41) is 10.8. The summed E-state index contributed by atoms with van der Waals surface area (Å²) >= 11 is 0. The van der Waals surface area contributed by atoms with E-state index in [9.17, 15) is 14.4 Å². The van der Waals surface area contributed by atoms with Gasteiger partial charge in [0.05, 0.1) is 24.2 Å². The molecule has 0 aliphatic carbocycles. The maximum Gasteiger partial charge on any atom is 0.319 e. The zero-order valence-corrected chi connectivity index (χ0v) is 23.3. The minimum Gasteiger partial charge on any atom is -0.465 e. The van der Waals surface area contributed by atoms with Crippen LogP contribution in [0, 0.1) is 5.41 Å². The number of carbonyl (C=O) groups excluding carboxylic acids is 2. The molecule has 1 unspecified atom stereocenters. The molecule has 10 nitrogen and oxygen atoms in total. The lowest BCUT2D eigenvalue weighted by atomic mass is 9.89. The summed E-state index contributed by atoms with van der Waals surface area (Å²) in [4.78, 5) is 45.5. The van der Waals surface area contributed by atoms with Gasteiger partial charge in [0.25, 0.3) is 5.56 Å². The average Bonchev–Trinajstić information content (AvgIpc) is 3.45. The van der Waals surface area contributed by atoms with Gasteiger partial charge in [-0.05, 0) is 56.0 Å². The molecule has 4 N–H and O–H groups in total. The van der Waals surface area contributed by atoms with E-state index in [1.807, 2.05) is 11.0 Å². The lowest BCUT2D eigenvalue weighted by Gasteiger charge is -2.34. The number of carbonyl (C=O) groups is 2. The Morgan fingerprint density at radius 2 is 1.90 bits per heavy atom. The maximum absolute atomic E-state index is 13.7. The van der Waals surface area contributed by atoms with Gasteiger partial charge in [0.2, 0.25) is 5.91 Å². The highest BCUT2D eigenvalue weighted by molar-refractivity contribution is 5.95. The first-order chi connectivity index (χ1) is 18.1. The van der Waals surface area contributed by atoms with Crippen molar-refractivity contribution in [1.29, 1.82) is 5.41 Å². The first kappa shape index (κ1) is 29.8. The number of aryl methyl sites for hydroxylation is 1. The third-order valence-corrected chi connectivity index (χ3v) is 7.04. The molecule has 1 atom stereocenters. The first-order valence-electron chi connectivity index (χ1n) is 12.8. The molecule has 1 saturated heterocycles. The molecule has 1 aliphatic heterocycles. The number of rotatable bonds is 9. The fourth-order valence-electron chi connectivity index (χ4n) is 4.86. The van der Waals surface area contributed by atoms with Crippen LogP contribution in [0.2, 0.25) is 0 Å². The molecule has 1 amide bonds. The van der Waals surface area contributed by atoms with Crippen molar-refractivity contribution in [2.45, 2.75) is 38.6 Å². The van der Waals surface area contributed by atoms with E-state index in [0.717, 1.165) is 18.4 Å². The van der Waals surface area contributed by atoms with Crippen molar-refractivity contribution in [3.05, 3.63) is 75.2 Å². The Kier molecular flexibility index (Phi) is 9.47. The molecule has 2 heterocycles. The molecule has 208 valence electrons. The molecule has 1 fully saturated rings. The summed E-state index contributed by atoms with van der Waals surface area (Å²) in [5.74, 6) is -0.609. The lowest BCUT2D eigenvalue weighted by Crippen LogP contribution is -2.54. The largest absolute Gasteiger partial charge is 0.465 e. The minimum atomic E-state index is -1.20. The number of nitrogen functional groups attached to an aromatic ring is 1. The van der Waals surface area contributed by atoms with Crippen LogP contribution in [0.15, 0.2) is 47.3 Å². The standard InChI is InChI=1S/C28H34N6O4.ClH/c1-4-38-24(35)17-31-28(2,27(37)34-12-5-6-13-34)20-10-11-23-21(16-20)32-22(26(36)33(23)3)15-18-8-7-9-19(14-18)25(29)30;/h7-11,14,16,31H,4-6,12-13,15,17H2,1-3H3,(H3,29,30);1H. The monoisotopic (exact) mass is 554 g/mol. The van der Waals surface area contributed by atoms with E-state index in [-0.39, 0.29) is 49.3 Å². The van der Waals surface area contributed by atoms with Crippen LogP contribution < -0.4 is 16.6 Å². The van der Waals surface area contributed by atoms with E-state index >= 15 is 0 Å². The fourth-order valence-corrected chi connectivity index (χ4v) is 4.86. The Labute approximate surface area is 233 Å². The van der Waals surface area contributed by atoms with E-state index in [4.69, 9.17) is 20.9 Å². The Bertz CT molecular complexity index is 1450. The normalized spacial score (nSPS) is 14.5. The summed E-state index contributed by atoms with van der Waals surface area (Å²) < 4.78 is 6.62. The predicted molar refractivity (Wildman–Crippen MR) is 152 cm³/mol. The number of amides is 1. The van der Waals surface area contributed by atoms with Crippen molar-refractivity contribution in [2.24, 2.45) is 12.8 Å². The number of nitrogens with one attached hydrogen (secondary N) is 2. The highest BCUT2D eigenvalue weighted by Gasteiger charge is 2.39. The van der Waals surface area contributed by atoms with Gasteiger partial charge in [0.15, 0.2) is 0 Å². The van der Waals surface area contributed by atoms with Crippen LogP contribution in [0.1, 0.15) is 49.1 Å². The third kappa shape index (κ3) is 6.29. The number of hydrogen-bond acceptors (Lipinski definition) is 7. The number of benzene rings is 2. The number of amidine groups is 1. The predicted octanol–water partition coefficient (Wildman–Crippen LogP) is 2.22. The summed E-state index contributed by atoms with van der Waals surface area (Å²) in [7, 11) is 1.69. The molecule has 2 aromatic carbocycles. The molecule has 4 rings (SSSR count). The third-order valence-electron chi connectivity index (χ3n) is 7.04. The van der Waals surface area contributed by atoms with Gasteiger partial charge in [-0.1, -0.05) is 24.3 Å². The van der Waals surface area contributed by atoms with E-state index in [1.165, 1.54) is 0 Å². The first-order valence-corrected chi connectivity index (χ1v) is 12.8. The Hall–Kier alpha value is -3.76. The highest BCUT2D eigenvalue weighted by atomic mass is 35.5. The number of ether oxygens (including phenoxy) is 1. The Morgan fingerprint density at radius 1 is 1.18 bits per heavy atom. The molecule has 39 heavy (non-hydrogen) atoms. The van der Waals surface area contributed by atoms with Gasteiger partial charge in [-0.3, -0.25) is 25.1 Å². The second kappa shape index (κ2) is 12.4. The Balaban J connectivity index is 0.00000420. The topological polar surface area (TPSA) is 143 Å². The molecule has 0 saturated carbocycles. The van der Waals surface area contributed by atoms with Crippen molar-refractivity contribution < 1.29 is 14.3 Å². The molecular formula is C28H35ClN6O4. The molecule has 3 aromatic rings. The van der Waals surface area contributed by atoms with Crippen molar-refractivity contribution in [3.63, 3.8) is 0 Å². The summed E-state index contributed by atoms with van der Waals surface area (Å²) in [5.41, 5.74) is 7.75. The highest BCUT2D eigenvalue weighted by Crippen LogP contribution is 2.28. The Morgan fingerprint density at radius 3 is 2.56 bits per heavy atom. The number of likely N-dealkylation sites (tertiary alicyclic amines) is 1. The molecule has 1 aromatic heterocycles. The van der Waals surface area contributed by atoms with E-state index in [1.54, 1.807) is 61.9 Å². The van der Waals surface area contributed by atoms with E-state index in [0.29, 0.717) is 40.9 Å². The van der Waals surface area contributed by atoms with Crippen molar-refractivity contribution in [1.82, 2.24) is 19.8 Å². The quantitative estimate of drug-likeness (QED) is 0.209. The molecule has 0 bridgehead atoms. The van der Waals surface area contributed by atoms with Crippen molar-refractivity contribution in [3.8, 4) is 0 Å². The van der Waals surface area contributed by atoms with E-state index < -0.39 is 11.5 Å². The van der Waals surface area contributed by atoms with Crippen LogP contribution in [0.25, 0.3) is 11.0 Å². The fraction of sp³-hybridized carbons (Fsp3) is 0.393. The van der Waals surface area contributed by atoms with E-state index in [2.05, 4.69) is 5.32 Å². The second-order valence-corrected chi connectivity index (χ2v) is 9.70. The van der Waals surface area contributed by atoms with Gasteiger partial charge in [0, 0.05) is 32.1 Å². The summed E-state index contributed by atoms with van der Waals surface area (Å²) in [6.45, 7) is 4.96.